The predicted molar refractivity (Wildman–Crippen MR) is 97.2 cm³/mol. The molecule has 136 valence electrons. The third kappa shape index (κ3) is 2.97. The number of aromatic nitrogens is 3. The van der Waals surface area contributed by atoms with E-state index < -0.39 is 11.6 Å². The minimum absolute atomic E-state index is 0.242. The van der Waals surface area contributed by atoms with Crippen LogP contribution in [0.15, 0.2) is 12.3 Å². The molecule has 1 N–H and O–H groups in total. The van der Waals surface area contributed by atoms with Crippen molar-refractivity contribution in [2.75, 3.05) is 6.54 Å². The van der Waals surface area contributed by atoms with Crippen LogP contribution in [0, 0.1) is 12.3 Å². The van der Waals surface area contributed by atoms with Crippen molar-refractivity contribution in [1.29, 1.82) is 0 Å². The van der Waals surface area contributed by atoms with Crippen LogP contribution in [0.25, 0.3) is 5.78 Å². The summed E-state index contributed by atoms with van der Waals surface area (Å²) >= 11 is 6.56. The molecule has 1 aliphatic rings. The van der Waals surface area contributed by atoms with Crippen molar-refractivity contribution in [1.82, 2.24) is 19.3 Å². The van der Waals surface area contributed by atoms with E-state index in [0.29, 0.717) is 29.6 Å². The first-order valence-corrected chi connectivity index (χ1v) is 9.04. The lowest BCUT2D eigenvalue weighted by atomic mass is 9.65. The van der Waals surface area contributed by atoms with Crippen molar-refractivity contribution in [3.63, 3.8) is 0 Å². The lowest BCUT2D eigenvalue weighted by Crippen LogP contribution is -2.62. The highest BCUT2D eigenvalue weighted by Gasteiger charge is 2.50. The molecule has 0 saturated carbocycles. The van der Waals surface area contributed by atoms with Crippen molar-refractivity contribution in [2.45, 2.75) is 58.9 Å². The number of halogens is 1. The zero-order chi connectivity index (χ0) is 18.4. The Hall–Kier alpha value is -1.82. The van der Waals surface area contributed by atoms with E-state index in [0.717, 1.165) is 25.0 Å². The van der Waals surface area contributed by atoms with Gasteiger partial charge in [-0.15, -0.1) is 0 Å². The van der Waals surface area contributed by atoms with E-state index >= 15 is 0 Å². The lowest BCUT2D eigenvalue weighted by Gasteiger charge is -2.53. The van der Waals surface area contributed by atoms with Crippen LogP contribution >= 0.6 is 11.6 Å². The first kappa shape index (κ1) is 18.0. The van der Waals surface area contributed by atoms with Gasteiger partial charge in [0, 0.05) is 24.9 Å². The van der Waals surface area contributed by atoms with E-state index in [1.165, 1.54) is 0 Å². The van der Waals surface area contributed by atoms with Crippen LogP contribution in [0.3, 0.4) is 0 Å². The second-order valence-corrected chi connectivity index (χ2v) is 8.30. The number of piperidine rings is 1. The molecule has 0 unspecified atom stereocenters. The Kier molecular flexibility index (Phi) is 4.43. The summed E-state index contributed by atoms with van der Waals surface area (Å²) in [5.74, 6) is 0.557. The van der Waals surface area contributed by atoms with E-state index in [-0.39, 0.29) is 5.41 Å². The SMILES string of the molecule is Cc1ccn2c(Cl)c(C[C@]3(C(C)(C)C)CCCCN3C(=O)O)nc2n1. The predicted octanol–water partition coefficient (Wildman–Crippen LogP) is 4.18. The number of nitrogens with zero attached hydrogens (tertiary/aromatic N) is 4. The number of carbonyl (C=O) groups is 1. The molecule has 0 spiro atoms. The summed E-state index contributed by atoms with van der Waals surface area (Å²) in [7, 11) is 0. The van der Waals surface area contributed by atoms with Gasteiger partial charge >= 0.3 is 6.09 Å². The molecule has 0 radical (unpaired) electrons. The highest BCUT2D eigenvalue weighted by atomic mass is 35.5. The first-order chi connectivity index (χ1) is 11.7. The molecule has 0 bridgehead atoms. The fraction of sp³-hybridized carbons (Fsp3) is 0.611. The van der Waals surface area contributed by atoms with Gasteiger partial charge in [-0.25, -0.2) is 14.8 Å². The maximum absolute atomic E-state index is 12.0. The van der Waals surface area contributed by atoms with Crippen LogP contribution in [0.5, 0.6) is 0 Å². The molecule has 3 heterocycles. The van der Waals surface area contributed by atoms with Crippen LogP contribution in [-0.2, 0) is 6.42 Å². The Balaban J connectivity index is 2.10. The molecule has 25 heavy (non-hydrogen) atoms. The summed E-state index contributed by atoms with van der Waals surface area (Å²) < 4.78 is 1.76. The molecule has 6 nitrogen and oxygen atoms in total. The third-order valence-electron chi connectivity index (χ3n) is 5.47. The molecular weight excluding hydrogens is 340 g/mol. The number of fused-ring (bicyclic) bond motifs is 1. The number of likely N-dealkylation sites (tertiary alicyclic amines) is 1. The van der Waals surface area contributed by atoms with Crippen molar-refractivity contribution in [3.8, 4) is 0 Å². The van der Waals surface area contributed by atoms with Crippen molar-refractivity contribution >= 4 is 23.5 Å². The number of hydrogen-bond acceptors (Lipinski definition) is 3. The van der Waals surface area contributed by atoms with Crippen molar-refractivity contribution in [2.24, 2.45) is 5.41 Å². The normalized spacial score (nSPS) is 21.7. The lowest BCUT2D eigenvalue weighted by molar-refractivity contribution is -0.0251. The van der Waals surface area contributed by atoms with Gasteiger partial charge in [-0.2, -0.15) is 0 Å². The van der Waals surface area contributed by atoms with E-state index in [9.17, 15) is 9.90 Å². The fourth-order valence-corrected chi connectivity index (χ4v) is 4.21. The molecule has 1 atom stereocenters. The molecule has 0 aliphatic carbocycles. The van der Waals surface area contributed by atoms with Crippen LogP contribution < -0.4 is 0 Å². The van der Waals surface area contributed by atoms with Crippen LogP contribution in [0.4, 0.5) is 4.79 Å². The van der Waals surface area contributed by atoms with E-state index in [2.05, 4.69) is 30.7 Å². The van der Waals surface area contributed by atoms with Gasteiger partial charge < -0.3 is 10.0 Å². The standard InChI is InChI=1S/C18H25ClN4O2/c1-12-7-10-22-14(19)13(21-15(22)20-12)11-18(17(2,3)4)8-5-6-9-23(18)16(24)25/h7,10H,5-6,8-9,11H2,1-4H3,(H,24,25)/t18-/m0/s1. The summed E-state index contributed by atoms with van der Waals surface area (Å²) in [5.41, 5.74) is 0.807. The molecule has 7 heteroatoms. The largest absolute Gasteiger partial charge is 0.465 e. The number of hydrogen-bond donors (Lipinski definition) is 1. The molecular formula is C18H25ClN4O2. The Morgan fingerprint density at radius 1 is 1.36 bits per heavy atom. The highest BCUT2D eigenvalue weighted by Crippen LogP contribution is 2.45. The van der Waals surface area contributed by atoms with Crippen LogP contribution in [0.1, 0.15) is 51.4 Å². The van der Waals surface area contributed by atoms with E-state index in [1.54, 1.807) is 9.30 Å². The average molecular weight is 365 g/mol. The summed E-state index contributed by atoms with van der Waals surface area (Å²) in [6.07, 6.45) is 4.18. The number of amides is 1. The second-order valence-electron chi connectivity index (χ2n) is 7.94. The van der Waals surface area contributed by atoms with Gasteiger partial charge in [-0.3, -0.25) is 4.40 Å². The molecule has 1 amide bonds. The van der Waals surface area contributed by atoms with E-state index in [4.69, 9.17) is 11.6 Å². The molecule has 1 fully saturated rings. The highest BCUT2D eigenvalue weighted by molar-refractivity contribution is 6.30. The number of rotatable bonds is 2. The minimum atomic E-state index is -0.872. The Morgan fingerprint density at radius 3 is 2.72 bits per heavy atom. The van der Waals surface area contributed by atoms with Gasteiger partial charge in [0.2, 0.25) is 5.78 Å². The Bertz CT molecular complexity index is 811. The molecule has 3 rings (SSSR count). The second kappa shape index (κ2) is 6.16. The molecule has 2 aromatic rings. The minimum Gasteiger partial charge on any atom is -0.465 e. The van der Waals surface area contributed by atoms with Gasteiger partial charge in [0.1, 0.15) is 5.15 Å². The van der Waals surface area contributed by atoms with Gasteiger partial charge in [0.25, 0.3) is 0 Å². The number of imidazole rings is 1. The summed E-state index contributed by atoms with van der Waals surface area (Å²) in [5, 5.41) is 10.3. The quantitative estimate of drug-likeness (QED) is 0.867. The topological polar surface area (TPSA) is 70.7 Å². The van der Waals surface area contributed by atoms with Crippen molar-refractivity contribution in [3.05, 3.63) is 28.8 Å². The van der Waals surface area contributed by atoms with Gasteiger partial charge in [0.15, 0.2) is 0 Å². The first-order valence-electron chi connectivity index (χ1n) is 8.66. The number of aryl methyl sites for hydroxylation is 1. The van der Waals surface area contributed by atoms with Gasteiger partial charge in [-0.05, 0) is 37.7 Å². The molecule has 0 aromatic carbocycles. The summed E-state index contributed by atoms with van der Waals surface area (Å²) in [4.78, 5) is 22.6. The van der Waals surface area contributed by atoms with Crippen LogP contribution in [0.2, 0.25) is 5.15 Å². The zero-order valence-corrected chi connectivity index (χ0v) is 16.0. The Labute approximate surface area is 152 Å². The number of carboxylic acid groups (broad SMARTS) is 1. The fourth-order valence-electron chi connectivity index (χ4n) is 3.97. The molecule has 2 aromatic heterocycles. The van der Waals surface area contributed by atoms with Crippen LogP contribution in [-0.4, -0.2) is 42.6 Å². The molecule has 1 saturated heterocycles. The maximum Gasteiger partial charge on any atom is 0.407 e. The average Bonchev–Trinajstić information content (AvgIpc) is 2.81. The molecule has 1 aliphatic heterocycles. The monoisotopic (exact) mass is 364 g/mol. The van der Waals surface area contributed by atoms with E-state index in [1.807, 2.05) is 19.2 Å². The van der Waals surface area contributed by atoms with Gasteiger partial charge in [-0.1, -0.05) is 32.4 Å². The summed E-state index contributed by atoms with van der Waals surface area (Å²) in [6, 6.07) is 1.88. The third-order valence-corrected chi connectivity index (χ3v) is 5.87. The summed E-state index contributed by atoms with van der Waals surface area (Å²) in [6.45, 7) is 8.75. The van der Waals surface area contributed by atoms with Crippen molar-refractivity contribution < 1.29 is 9.90 Å². The maximum atomic E-state index is 12.0. The van der Waals surface area contributed by atoms with Gasteiger partial charge in [0.05, 0.1) is 11.2 Å². The smallest absolute Gasteiger partial charge is 0.407 e. The Morgan fingerprint density at radius 2 is 2.08 bits per heavy atom. The zero-order valence-electron chi connectivity index (χ0n) is 15.2.